The van der Waals surface area contributed by atoms with Gasteiger partial charge in [-0.3, -0.25) is 14.3 Å². The van der Waals surface area contributed by atoms with Gasteiger partial charge < -0.3 is 13.6 Å². The molecule has 0 saturated carbocycles. The van der Waals surface area contributed by atoms with E-state index in [1.54, 1.807) is 13.1 Å². The van der Waals surface area contributed by atoms with Gasteiger partial charge in [0.25, 0.3) is 5.56 Å². The van der Waals surface area contributed by atoms with Crippen molar-refractivity contribution < 1.29 is 13.6 Å². The zero-order valence-corrected chi connectivity index (χ0v) is 21.0. The zero-order chi connectivity index (χ0) is 21.3. The lowest BCUT2D eigenvalue weighted by Gasteiger charge is -2.53. The Morgan fingerprint density at radius 3 is 2.32 bits per heavy atom. The third kappa shape index (κ3) is 3.17. The van der Waals surface area contributed by atoms with Crippen LogP contribution in [0.3, 0.4) is 0 Å². The fourth-order valence-corrected chi connectivity index (χ4v) is 10.9. The van der Waals surface area contributed by atoms with Crippen LogP contribution in [-0.2, 0) is 19.3 Å². The second-order valence-electron chi connectivity index (χ2n) is 10.1. The van der Waals surface area contributed by atoms with Crippen LogP contribution in [0.2, 0.25) is 10.1 Å². The summed E-state index contributed by atoms with van der Waals surface area (Å²) in [4.78, 5) is 26.7. The Morgan fingerprint density at radius 2 is 1.79 bits per heavy atom. The molecule has 2 fully saturated rings. The lowest BCUT2D eigenvalue weighted by atomic mass is 10.1. The summed E-state index contributed by atoms with van der Waals surface area (Å²) in [5.74, 6) is 0. The maximum Gasteiger partial charge on any atom is 0.349 e. The van der Waals surface area contributed by atoms with Gasteiger partial charge in [0.2, 0.25) is 0 Å². The second-order valence-corrected chi connectivity index (χ2v) is 16.2. The van der Waals surface area contributed by atoms with Gasteiger partial charge in [0.05, 0.1) is 16.6 Å². The molecular weight excluding hydrogens is 491 g/mol. The van der Waals surface area contributed by atoms with Crippen molar-refractivity contribution >= 4 is 31.2 Å². The van der Waals surface area contributed by atoms with Crippen LogP contribution in [0, 0.1) is 6.92 Å². The van der Waals surface area contributed by atoms with Gasteiger partial charge in [-0.1, -0.05) is 64.1 Å². The van der Waals surface area contributed by atoms with Crippen LogP contribution in [-0.4, -0.2) is 40.9 Å². The Bertz CT molecular complexity index is 870. The highest BCUT2D eigenvalue weighted by Gasteiger charge is 2.66. The quantitative estimate of drug-likeness (QED) is 0.348. The summed E-state index contributed by atoms with van der Waals surface area (Å²) in [6.07, 6.45) is 1.11. The maximum absolute atomic E-state index is 12.5. The van der Waals surface area contributed by atoms with Gasteiger partial charge in [0.15, 0.2) is 5.72 Å². The average molecular weight is 522 g/mol. The fraction of sp³-hybridized carbons (Fsp3) is 0.789. The number of aryl methyl sites for hydroxylation is 1. The molecule has 1 N–H and O–H groups in total. The number of aromatic nitrogens is 2. The van der Waals surface area contributed by atoms with Gasteiger partial charge in [0, 0.05) is 21.8 Å². The van der Waals surface area contributed by atoms with Crippen molar-refractivity contribution in [1.29, 1.82) is 0 Å². The number of fused-ring (bicyclic) bond motifs is 1. The minimum Gasteiger partial charge on any atom is -0.391 e. The minimum atomic E-state index is -2.64. The molecule has 0 aromatic carbocycles. The standard InChI is InChI=1S/C19H31IN2O5Si/c1-11-9-22(16(24)21-15(11)23)19(8)14(20)13-12(26-19)10-25-28(27-13,17(2,3)4)18(5,6)7/h9,12-14H,10H2,1-8H3,(H,21,23,24)/t12-,13-,14-,19-/m1/s1. The predicted octanol–water partition coefficient (Wildman–Crippen LogP) is 3.18. The number of hydrogen-bond donors (Lipinski definition) is 1. The Kier molecular flexibility index (Phi) is 5.36. The molecule has 28 heavy (non-hydrogen) atoms. The van der Waals surface area contributed by atoms with E-state index in [1.807, 2.05) is 6.92 Å². The molecule has 1 aromatic rings. The number of nitrogens with one attached hydrogen (secondary N) is 1. The van der Waals surface area contributed by atoms with Gasteiger partial charge in [-0.15, -0.1) is 0 Å². The number of halogens is 1. The van der Waals surface area contributed by atoms with Crippen LogP contribution in [0.25, 0.3) is 0 Å². The number of ether oxygens (including phenoxy) is 1. The van der Waals surface area contributed by atoms with Gasteiger partial charge in [-0.05, 0) is 13.8 Å². The van der Waals surface area contributed by atoms with Crippen LogP contribution in [0.5, 0.6) is 0 Å². The number of H-pyrrole nitrogens is 1. The van der Waals surface area contributed by atoms with E-state index in [2.05, 4.69) is 69.1 Å². The highest BCUT2D eigenvalue weighted by atomic mass is 127. The molecule has 0 amide bonds. The molecule has 9 heteroatoms. The lowest BCUT2D eigenvalue weighted by Crippen LogP contribution is -2.65. The van der Waals surface area contributed by atoms with E-state index in [0.717, 1.165) is 0 Å². The number of nitrogens with zero attached hydrogens (tertiary/aromatic N) is 1. The average Bonchev–Trinajstić information content (AvgIpc) is 2.80. The molecule has 4 atom stereocenters. The lowest BCUT2D eigenvalue weighted by molar-refractivity contribution is -0.122. The van der Waals surface area contributed by atoms with E-state index in [-0.39, 0.29) is 31.8 Å². The van der Waals surface area contributed by atoms with E-state index in [0.29, 0.717) is 12.2 Å². The SMILES string of the molecule is Cc1cn([C@]2(C)O[C@@H]3CO[Si](C(C)(C)C)(C(C)(C)C)O[C@H]3[C@H]2I)c(=O)[nH]c1=O. The van der Waals surface area contributed by atoms with Gasteiger partial charge in [0.1, 0.15) is 6.10 Å². The fourth-order valence-electron chi connectivity index (χ4n) is 4.62. The van der Waals surface area contributed by atoms with Crippen LogP contribution in [0.4, 0.5) is 0 Å². The van der Waals surface area contributed by atoms with Crippen molar-refractivity contribution in [2.45, 2.75) is 87.3 Å². The van der Waals surface area contributed by atoms with E-state index in [4.69, 9.17) is 13.6 Å². The van der Waals surface area contributed by atoms with E-state index in [9.17, 15) is 9.59 Å². The number of alkyl halides is 1. The minimum absolute atomic E-state index is 0.126. The first kappa shape index (κ1) is 22.2. The monoisotopic (exact) mass is 522 g/mol. The molecule has 1 aromatic heterocycles. The third-order valence-electron chi connectivity index (χ3n) is 5.88. The smallest absolute Gasteiger partial charge is 0.349 e. The molecule has 0 radical (unpaired) electrons. The van der Waals surface area contributed by atoms with Crippen LogP contribution >= 0.6 is 22.6 Å². The zero-order valence-electron chi connectivity index (χ0n) is 17.9. The van der Waals surface area contributed by atoms with Gasteiger partial charge >= 0.3 is 14.3 Å². The molecule has 0 aliphatic carbocycles. The maximum atomic E-state index is 12.5. The molecular formula is C19H31IN2O5Si. The van der Waals surface area contributed by atoms with Crippen molar-refractivity contribution in [3.8, 4) is 0 Å². The molecule has 2 aliphatic heterocycles. The number of aromatic amines is 1. The molecule has 3 rings (SSSR count). The molecule has 3 heterocycles. The summed E-state index contributed by atoms with van der Waals surface area (Å²) in [5.41, 5.74) is -1.33. The summed E-state index contributed by atoms with van der Waals surface area (Å²) in [6.45, 7) is 17.1. The Balaban J connectivity index is 2.04. The summed E-state index contributed by atoms with van der Waals surface area (Å²) >= 11 is 2.32. The second kappa shape index (κ2) is 6.76. The first-order chi connectivity index (χ1) is 12.6. The predicted molar refractivity (Wildman–Crippen MR) is 118 cm³/mol. The first-order valence-electron chi connectivity index (χ1n) is 9.61. The van der Waals surface area contributed by atoms with E-state index < -0.39 is 20.0 Å². The topological polar surface area (TPSA) is 82.6 Å². The molecule has 2 aliphatic rings. The Morgan fingerprint density at radius 1 is 1.21 bits per heavy atom. The van der Waals surface area contributed by atoms with Crippen molar-refractivity contribution in [3.05, 3.63) is 32.6 Å². The van der Waals surface area contributed by atoms with Crippen molar-refractivity contribution in [3.63, 3.8) is 0 Å². The Labute approximate surface area is 180 Å². The van der Waals surface area contributed by atoms with Crippen molar-refractivity contribution in [2.24, 2.45) is 0 Å². The summed E-state index contributed by atoms with van der Waals surface area (Å²) in [6, 6.07) is 0. The van der Waals surface area contributed by atoms with Crippen LogP contribution < -0.4 is 11.2 Å². The van der Waals surface area contributed by atoms with Crippen molar-refractivity contribution in [1.82, 2.24) is 9.55 Å². The molecule has 158 valence electrons. The van der Waals surface area contributed by atoms with E-state index in [1.165, 1.54) is 4.57 Å². The normalized spacial score (nSPS) is 33.0. The number of hydrogen-bond acceptors (Lipinski definition) is 5. The van der Waals surface area contributed by atoms with Crippen LogP contribution in [0.15, 0.2) is 15.8 Å². The van der Waals surface area contributed by atoms with Gasteiger partial charge in [-0.25, -0.2) is 4.79 Å². The summed E-state index contributed by atoms with van der Waals surface area (Å²) in [5, 5.41) is -0.256. The highest BCUT2D eigenvalue weighted by Crippen LogP contribution is 2.57. The summed E-state index contributed by atoms with van der Waals surface area (Å²) in [7, 11) is -2.64. The first-order valence-corrected chi connectivity index (χ1v) is 12.7. The molecule has 0 unspecified atom stereocenters. The van der Waals surface area contributed by atoms with E-state index >= 15 is 0 Å². The molecule has 0 bridgehead atoms. The largest absolute Gasteiger partial charge is 0.391 e. The van der Waals surface area contributed by atoms with Gasteiger partial charge in [-0.2, -0.15) is 0 Å². The Hall–Kier alpha value is -0.493. The van der Waals surface area contributed by atoms with Crippen molar-refractivity contribution in [2.75, 3.05) is 6.61 Å². The molecule has 2 saturated heterocycles. The highest BCUT2D eigenvalue weighted by molar-refractivity contribution is 14.1. The third-order valence-corrected chi connectivity index (χ3v) is 12.9. The molecule has 0 spiro atoms. The molecule has 7 nitrogen and oxygen atoms in total. The number of rotatable bonds is 1. The van der Waals surface area contributed by atoms with Crippen LogP contribution in [0.1, 0.15) is 54.0 Å². The summed E-state index contributed by atoms with van der Waals surface area (Å²) < 4.78 is 21.1.